The summed E-state index contributed by atoms with van der Waals surface area (Å²) >= 11 is 0. The van der Waals surface area contributed by atoms with Crippen molar-refractivity contribution in [2.45, 2.75) is 25.4 Å². The van der Waals surface area contributed by atoms with Gasteiger partial charge in [0, 0.05) is 12.6 Å². The van der Waals surface area contributed by atoms with Crippen molar-refractivity contribution >= 4 is 17.8 Å². The standard InChI is InChI=1S/C18H19N3O4/c1-3-7-21-16(22)12-13(17(21)23)15(18(24)25-2)20-14(12)11-6-4-5-10(8-11)9-19/h4-6,8,12-15,20H,3,7H2,1-2H3/t12-,13+,14?,15?/m0/s1. The predicted octanol–water partition coefficient (Wildman–Crippen LogP) is 0.755. The van der Waals surface area contributed by atoms with E-state index < -0.39 is 29.9 Å². The predicted molar refractivity (Wildman–Crippen MR) is 86.8 cm³/mol. The fourth-order valence-electron chi connectivity index (χ4n) is 3.77. The summed E-state index contributed by atoms with van der Waals surface area (Å²) in [5.74, 6) is -2.62. The molecule has 4 atom stereocenters. The van der Waals surface area contributed by atoms with Gasteiger partial charge in [0.25, 0.3) is 0 Å². The number of methoxy groups -OCH3 is 1. The Morgan fingerprint density at radius 3 is 2.68 bits per heavy atom. The van der Waals surface area contributed by atoms with E-state index >= 15 is 0 Å². The molecule has 0 aromatic heterocycles. The first-order chi connectivity index (χ1) is 12.0. The Bertz CT molecular complexity index is 770. The summed E-state index contributed by atoms with van der Waals surface area (Å²) in [5.41, 5.74) is 1.17. The number of ether oxygens (including phenoxy) is 1. The number of fused-ring (bicyclic) bond motifs is 1. The van der Waals surface area contributed by atoms with E-state index in [2.05, 4.69) is 11.4 Å². The second-order valence-electron chi connectivity index (χ2n) is 6.26. The van der Waals surface area contributed by atoms with Crippen LogP contribution in [0.1, 0.15) is 30.5 Å². The Kier molecular flexibility index (Phi) is 4.55. The Balaban J connectivity index is 2.03. The summed E-state index contributed by atoms with van der Waals surface area (Å²) in [5, 5.41) is 12.2. The number of amides is 2. The number of rotatable bonds is 4. The van der Waals surface area contributed by atoms with Crippen LogP contribution in [0.4, 0.5) is 0 Å². The molecule has 0 aliphatic carbocycles. The quantitative estimate of drug-likeness (QED) is 0.641. The largest absolute Gasteiger partial charge is 0.468 e. The first-order valence-electron chi connectivity index (χ1n) is 8.22. The summed E-state index contributed by atoms with van der Waals surface area (Å²) in [6.07, 6.45) is 0.655. The van der Waals surface area contributed by atoms with Crippen LogP contribution in [0.2, 0.25) is 0 Å². The lowest BCUT2D eigenvalue weighted by Gasteiger charge is -2.21. The molecule has 2 aliphatic rings. The van der Waals surface area contributed by atoms with Gasteiger partial charge in [0.1, 0.15) is 6.04 Å². The number of carbonyl (C=O) groups is 3. The van der Waals surface area contributed by atoms with Crippen LogP contribution in [-0.2, 0) is 19.1 Å². The number of hydrogen-bond donors (Lipinski definition) is 1. The second kappa shape index (κ2) is 6.65. The number of esters is 1. The minimum absolute atomic E-state index is 0.275. The molecule has 25 heavy (non-hydrogen) atoms. The van der Waals surface area contributed by atoms with E-state index in [1.807, 2.05) is 6.92 Å². The van der Waals surface area contributed by atoms with Gasteiger partial charge in [-0.15, -0.1) is 0 Å². The molecular weight excluding hydrogens is 322 g/mol. The van der Waals surface area contributed by atoms with Crippen molar-refractivity contribution in [1.29, 1.82) is 5.26 Å². The highest BCUT2D eigenvalue weighted by Gasteiger charge is 2.60. The van der Waals surface area contributed by atoms with Crippen LogP contribution < -0.4 is 5.32 Å². The molecule has 0 spiro atoms. The number of imide groups is 1. The Hall–Kier alpha value is -2.72. The maximum absolute atomic E-state index is 12.8. The Labute approximate surface area is 145 Å². The van der Waals surface area contributed by atoms with Crippen molar-refractivity contribution in [2.75, 3.05) is 13.7 Å². The van der Waals surface area contributed by atoms with E-state index in [0.29, 0.717) is 24.1 Å². The van der Waals surface area contributed by atoms with Gasteiger partial charge < -0.3 is 4.74 Å². The monoisotopic (exact) mass is 341 g/mol. The molecule has 2 aliphatic heterocycles. The van der Waals surface area contributed by atoms with Crippen molar-refractivity contribution in [3.8, 4) is 6.07 Å². The van der Waals surface area contributed by atoms with Crippen molar-refractivity contribution in [2.24, 2.45) is 11.8 Å². The number of likely N-dealkylation sites (tertiary alicyclic amines) is 1. The van der Waals surface area contributed by atoms with E-state index in [1.54, 1.807) is 24.3 Å². The van der Waals surface area contributed by atoms with Crippen LogP contribution in [0.3, 0.4) is 0 Å². The minimum Gasteiger partial charge on any atom is -0.468 e. The van der Waals surface area contributed by atoms with Crippen molar-refractivity contribution < 1.29 is 19.1 Å². The van der Waals surface area contributed by atoms with Gasteiger partial charge >= 0.3 is 5.97 Å². The Morgan fingerprint density at radius 2 is 2.04 bits per heavy atom. The fourth-order valence-corrected chi connectivity index (χ4v) is 3.77. The third kappa shape index (κ3) is 2.68. The lowest BCUT2D eigenvalue weighted by Crippen LogP contribution is -2.43. The molecule has 0 saturated carbocycles. The van der Waals surface area contributed by atoms with Crippen LogP contribution in [0, 0.1) is 23.2 Å². The van der Waals surface area contributed by atoms with Crippen LogP contribution in [0.15, 0.2) is 24.3 Å². The number of benzene rings is 1. The molecule has 1 aromatic carbocycles. The van der Waals surface area contributed by atoms with Gasteiger partial charge in [-0.3, -0.25) is 24.6 Å². The number of carbonyl (C=O) groups excluding carboxylic acids is 3. The molecule has 1 aromatic rings. The molecule has 0 bridgehead atoms. The third-order valence-corrected chi connectivity index (χ3v) is 4.84. The normalized spacial score (nSPS) is 28.0. The molecule has 7 nitrogen and oxygen atoms in total. The maximum atomic E-state index is 12.8. The SMILES string of the molecule is CCCN1C(=O)[C@@H]2C(c3cccc(C#N)c3)NC(C(=O)OC)[C@@H]2C1=O. The highest BCUT2D eigenvalue weighted by Crippen LogP contribution is 2.44. The summed E-state index contributed by atoms with van der Waals surface area (Å²) in [7, 11) is 1.26. The van der Waals surface area contributed by atoms with Crippen LogP contribution in [0.5, 0.6) is 0 Å². The second-order valence-corrected chi connectivity index (χ2v) is 6.26. The lowest BCUT2D eigenvalue weighted by atomic mass is 9.86. The van der Waals surface area contributed by atoms with Gasteiger partial charge in [0.2, 0.25) is 11.8 Å². The maximum Gasteiger partial charge on any atom is 0.323 e. The number of hydrogen-bond acceptors (Lipinski definition) is 6. The molecule has 2 saturated heterocycles. The van der Waals surface area contributed by atoms with Gasteiger partial charge in [-0.25, -0.2) is 0 Å². The molecule has 3 rings (SSSR count). The number of nitrogens with zero attached hydrogens (tertiary/aromatic N) is 2. The van der Waals surface area contributed by atoms with E-state index in [4.69, 9.17) is 10.00 Å². The van der Waals surface area contributed by atoms with Crippen molar-refractivity contribution in [3.63, 3.8) is 0 Å². The minimum atomic E-state index is -0.871. The number of nitrogens with one attached hydrogen (secondary N) is 1. The number of nitriles is 1. The molecule has 7 heteroatoms. The molecule has 2 fully saturated rings. The van der Waals surface area contributed by atoms with Crippen LogP contribution >= 0.6 is 0 Å². The molecule has 2 unspecified atom stereocenters. The van der Waals surface area contributed by atoms with Crippen molar-refractivity contribution in [1.82, 2.24) is 10.2 Å². The zero-order valence-corrected chi connectivity index (χ0v) is 14.1. The van der Waals surface area contributed by atoms with Crippen molar-refractivity contribution in [3.05, 3.63) is 35.4 Å². The van der Waals surface area contributed by atoms with Crippen LogP contribution in [0.25, 0.3) is 0 Å². The van der Waals surface area contributed by atoms with Gasteiger partial charge in [0.05, 0.1) is 30.6 Å². The zero-order chi connectivity index (χ0) is 18.1. The topological polar surface area (TPSA) is 99.5 Å². The average Bonchev–Trinajstić information content (AvgIpc) is 3.14. The summed E-state index contributed by atoms with van der Waals surface area (Å²) < 4.78 is 4.81. The van der Waals surface area contributed by atoms with Gasteiger partial charge in [-0.2, -0.15) is 5.26 Å². The lowest BCUT2D eigenvalue weighted by molar-refractivity contribution is -0.148. The molecule has 130 valence electrons. The molecule has 2 heterocycles. The van der Waals surface area contributed by atoms with E-state index in [0.717, 1.165) is 0 Å². The van der Waals surface area contributed by atoms with Gasteiger partial charge in [0.15, 0.2) is 0 Å². The smallest absolute Gasteiger partial charge is 0.323 e. The molecular formula is C18H19N3O4. The highest BCUT2D eigenvalue weighted by molar-refractivity contribution is 6.08. The molecule has 0 radical (unpaired) electrons. The Morgan fingerprint density at radius 1 is 1.32 bits per heavy atom. The van der Waals surface area contributed by atoms with Gasteiger partial charge in [-0.05, 0) is 24.1 Å². The summed E-state index contributed by atoms with van der Waals surface area (Å²) in [6, 6.07) is 7.53. The first kappa shape index (κ1) is 17.1. The van der Waals surface area contributed by atoms with E-state index in [1.165, 1.54) is 12.0 Å². The van der Waals surface area contributed by atoms with E-state index in [-0.39, 0.29) is 11.8 Å². The fraction of sp³-hybridized carbons (Fsp3) is 0.444. The molecule has 1 N–H and O–H groups in total. The summed E-state index contributed by atoms with van der Waals surface area (Å²) in [4.78, 5) is 39.0. The summed E-state index contributed by atoms with van der Waals surface area (Å²) in [6.45, 7) is 2.22. The third-order valence-electron chi connectivity index (χ3n) is 4.84. The average molecular weight is 341 g/mol. The van der Waals surface area contributed by atoms with E-state index in [9.17, 15) is 14.4 Å². The zero-order valence-electron chi connectivity index (χ0n) is 14.1. The first-order valence-corrected chi connectivity index (χ1v) is 8.22. The molecule has 2 amide bonds. The van der Waals surface area contributed by atoms with Gasteiger partial charge in [-0.1, -0.05) is 19.1 Å². The van der Waals surface area contributed by atoms with Crippen LogP contribution in [-0.4, -0.2) is 42.4 Å². The highest BCUT2D eigenvalue weighted by atomic mass is 16.5.